The molecule has 0 radical (unpaired) electrons. The van der Waals surface area contributed by atoms with Crippen molar-refractivity contribution in [2.45, 2.75) is 13.8 Å². The summed E-state index contributed by atoms with van der Waals surface area (Å²) in [7, 11) is 0. The number of aromatic nitrogens is 3. The predicted molar refractivity (Wildman–Crippen MR) is 121 cm³/mol. The number of amides is 1. The first-order valence-electron chi connectivity index (χ1n) is 9.28. The lowest BCUT2D eigenvalue weighted by molar-refractivity contribution is 0.101. The Morgan fingerprint density at radius 1 is 0.933 bits per heavy atom. The molecule has 1 heterocycles. The average Bonchev–Trinajstić information content (AvgIpc) is 3.17. The Labute approximate surface area is 184 Å². The van der Waals surface area contributed by atoms with E-state index in [4.69, 9.17) is 23.2 Å². The minimum atomic E-state index is -0.415. The summed E-state index contributed by atoms with van der Waals surface area (Å²) in [5, 5.41) is 8.50. The van der Waals surface area contributed by atoms with E-state index >= 15 is 0 Å². The molecule has 7 heteroatoms. The number of aryl methyl sites for hydroxylation is 2. The zero-order chi connectivity index (χ0) is 21.3. The van der Waals surface area contributed by atoms with E-state index in [1.54, 1.807) is 28.9 Å². The predicted octanol–water partition coefficient (Wildman–Crippen LogP) is 6.11. The zero-order valence-electron chi connectivity index (χ0n) is 16.4. The lowest BCUT2D eigenvalue weighted by Gasteiger charge is -2.07. The van der Waals surface area contributed by atoms with Crippen molar-refractivity contribution in [3.05, 3.63) is 93.7 Å². The minimum absolute atomic E-state index is 0.0563. The van der Waals surface area contributed by atoms with Crippen LogP contribution in [0, 0.1) is 13.8 Å². The Bertz CT molecular complexity index is 1230. The van der Waals surface area contributed by atoms with Gasteiger partial charge in [-0.3, -0.25) is 4.79 Å². The van der Waals surface area contributed by atoms with Crippen LogP contribution in [-0.2, 0) is 0 Å². The van der Waals surface area contributed by atoms with Crippen LogP contribution in [0.3, 0.4) is 0 Å². The number of benzene rings is 3. The Balaban J connectivity index is 1.77. The number of nitrogens with one attached hydrogen (secondary N) is 1. The van der Waals surface area contributed by atoms with E-state index in [2.05, 4.69) is 15.4 Å². The number of carbonyl (C=O) groups is 1. The number of nitrogens with zero attached hydrogens (tertiary/aromatic N) is 3. The molecule has 0 saturated carbocycles. The first kappa shape index (κ1) is 20.1. The van der Waals surface area contributed by atoms with Crippen LogP contribution >= 0.6 is 23.2 Å². The Morgan fingerprint density at radius 2 is 1.67 bits per heavy atom. The summed E-state index contributed by atoms with van der Waals surface area (Å²) in [6.07, 6.45) is 0. The molecule has 0 atom stereocenters. The number of halogens is 2. The molecule has 0 aliphatic carbocycles. The van der Waals surface area contributed by atoms with E-state index in [0.29, 0.717) is 21.6 Å². The van der Waals surface area contributed by atoms with Crippen LogP contribution in [0.4, 0.5) is 5.69 Å². The van der Waals surface area contributed by atoms with E-state index in [1.807, 2.05) is 56.3 Å². The summed E-state index contributed by atoms with van der Waals surface area (Å²) >= 11 is 12.1. The molecule has 0 aliphatic rings. The third-order valence-corrected chi connectivity index (χ3v) is 5.09. The molecule has 0 aliphatic heterocycles. The van der Waals surface area contributed by atoms with Crippen molar-refractivity contribution in [2.75, 3.05) is 5.32 Å². The van der Waals surface area contributed by atoms with Crippen LogP contribution in [0.2, 0.25) is 10.0 Å². The van der Waals surface area contributed by atoms with Gasteiger partial charge in [-0.2, -0.15) is 0 Å². The summed E-state index contributed by atoms with van der Waals surface area (Å²) in [5.41, 5.74) is 4.19. The highest BCUT2D eigenvalue weighted by Gasteiger charge is 2.19. The summed E-state index contributed by atoms with van der Waals surface area (Å²) in [6, 6.07) is 20.4. The highest BCUT2D eigenvalue weighted by molar-refractivity contribution is 6.31. The smallest absolute Gasteiger partial charge is 0.295 e. The monoisotopic (exact) mass is 436 g/mol. The molecule has 1 N–H and O–H groups in total. The third-order valence-electron chi connectivity index (χ3n) is 4.61. The molecular weight excluding hydrogens is 419 g/mol. The van der Waals surface area contributed by atoms with E-state index < -0.39 is 5.91 Å². The fraction of sp³-hybridized carbons (Fsp3) is 0.0870. The quantitative estimate of drug-likeness (QED) is 0.419. The molecule has 1 amide bonds. The van der Waals surface area contributed by atoms with Crippen LogP contribution in [-0.4, -0.2) is 20.7 Å². The molecule has 0 unspecified atom stereocenters. The zero-order valence-corrected chi connectivity index (χ0v) is 17.9. The number of rotatable bonds is 4. The van der Waals surface area contributed by atoms with Crippen LogP contribution in [0.15, 0.2) is 66.7 Å². The standard InChI is InChI=1S/C23H18Cl2N4O/c1-14-4-3-5-19(12-14)29-22(16-7-10-17(24)11-8-16)27-21(28-29)23(30)26-20-13-18(25)9-6-15(20)2/h3-13H,1-2H3,(H,26,30). The maximum Gasteiger partial charge on any atom is 0.295 e. The van der Waals surface area contributed by atoms with Crippen LogP contribution in [0.25, 0.3) is 17.1 Å². The first-order chi connectivity index (χ1) is 14.4. The Kier molecular flexibility index (Phi) is 5.57. The second-order valence-corrected chi connectivity index (χ2v) is 7.80. The van der Waals surface area contributed by atoms with Gasteiger partial charge in [0.05, 0.1) is 5.69 Å². The molecule has 5 nitrogen and oxygen atoms in total. The van der Waals surface area contributed by atoms with Crippen molar-refractivity contribution >= 4 is 34.8 Å². The molecule has 4 rings (SSSR count). The Hall–Kier alpha value is -3.15. The van der Waals surface area contributed by atoms with Crippen molar-refractivity contribution in [3.8, 4) is 17.1 Å². The topological polar surface area (TPSA) is 59.8 Å². The lowest BCUT2D eigenvalue weighted by atomic mass is 10.2. The molecule has 3 aromatic carbocycles. The van der Waals surface area contributed by atoms with Gasteiger partial charge in [0.2, 0.25) is 5.82 Å². The molecule has 0 saturated heterocycles. The van der Waals surface area contributed by atoms with Gasteiger partial charge in [-0.15, -0.1) is 5.10 Å². The van der Waals surface area contributed by atoms with Gasteiger partial charge in [0.1, 0.15) is 0 Å². The van der Waals surface area contributed by atoms with Crippen molar-refractivity contribution in [3.63, 3.8) is 0 Å². The van der Waals surface area contributed by atoms with Crippen LogP contribution in [0.1, 0.15) is 21.7 Å². The summed E-state index contributed by atoms with van der Waals surface area (Å²) in [5.74, 6) is 0.188. The lowest BCUT2D eigenvalue weighted by Crippen LogP contribution is -2.15. The van der Waals surface area contributed by atoms with E-state index in [1.165, 1.54) is 0 Å². The fourth-order valence-electron chi connectivity index (χ4n) is 3.04. The fourth-order valence-corrected chi connectivity index (χ4v) is 3.34. The number of hydrogen-bond donors (Lipinski definition) is 1. The average molecular weight is 437 g/mol. The van der Waals surface area contributed by atoms with Gasteiger partial charge in [0.25, 0.3) is 5.91 Å². The Morgan fingerprint density at radius 3 is 2.40 bits per heavy atom. The second kappa shape index (κ2) is 8.30. The number of hydrogen-bond acceptors (Lipinski definition) is 3. The first-order valence-corrected chi connectivity index (χ1v) is 10.0. The molecule has 1 aromatic heterocycles. The van der Waals surface area contributed by atoms with Gasteiger partial charge in [0, 0.05) is 21.3 Å². The van der Waals surface area contributed by atoms with Gasteiger partial charge < -0.3 is 5.32 Å². The van der Waals surface area contributed by atoms with Crippen LogP contribution < -0.4 is 5.32 Å². The van der Waals surface area contributed by atoms with Gasteiger partial charge >= 0.3 is 0 Å². The number of carbonyl (C=O) groups excluding carboxylic acids is 1. The van der Waals surface area contributed by atoms with Crippen LogP contribution in [0.5, 0.6) is 0 Å². The molecular formula is C23H18Cl2N4O. The molecule has 30 heavy (non-hydrogen) atoms. The highest BCUT2D eigenvalue weighted by Crippen LogP contribution is 2.25. The van der Waals surface area contributed by atoms with Crippen molar-refractivity contribution in [1.82, 2.24) is 14.8 Å². The maximum atomic E-state index is 12.9. The van der Waals surface area contributed by atoms with E-state index in [-0.39, 0.29) is 5.82 Å². The normalized spacial score (nSPS) is 10.8. The van der Waals surface area contributed by atoms with Crippen molar-refractivity contribution < 1.29 is 4.79 Å². The van der Waals surface area contributed by atoms with Crippen molar-refractivity contribution in [2.24, 2.45) is 0 Å². The van der Waals surface area contributed by atoms with Gasteiger partial charge in [-0.05, 0) is 73.5 Å². The van der Waals surface area contributed by atoms with Gasteiger partial charge in [-0.1, -0.05) is 41.4 Å². The summed E-state index contributed by atoms with van der Waals surface area (Å²) in [6.45, 7) is 3.89. The van der Waals surface area contributed by atoms with Gasteiger partial charge in [0.15, 0.2) is 5.82 Å². The van der Waals surface area contributed by atoms with Gasteiger partial charge in [-0.25, -0.2) is 9.67 Å². The molecule has 150 valence electrons. The molecule has 0 bridgehead atoms. The third kappa shape index (κ3) is 4.22. The summed E-state index contributed by atoms with van der Waals surface area (Å²) in [4.78, 5) is 17.4. The molecule has 0 spiro atoms. The highest BCUT2D eigenvalue weighted by atomic mass is 35.5. The van der Waals surface area contributed by atoms with E-state index in [9.17, 15) is 4.79 Å². The maximum absolute atomic E-state index is 12.9. The van der Waals surface area contributed by atoms with E-state index in [0.717, 1.165) is 22.4 Å². The number of anilines is 1. The molecule has 4 aromatic rings. The van der Waals surface area contributed by atoms with Crippen molar-refractivity contribution in [1.29, 1.82) is 0 Å². The largest absolute Gasteiger partial charge is 0.319 e. The molecule has 0 fully saturated rings. The minimum Gasteiger partial charge on any atom is -0.319 e. The summed E-state index contributed by atoms with van der Waals surface area (Å²) < 4.78 is 1.66. The SMILES string of the molecule is Cc1cccc(-n2nc(C(=O)Nc3cc(Cl)ccc3C)nc2-c2ccc(Cl)cc2)c1. The second-order valence-electron chi connectivity index (χ2n) is 6.93.